The standard InChI is InChI=1S/C17H26N2O3/c1-22-16-10-6-5-9-15(16)19-17(21)18-14(11-12-20)13-7-3-2-4-8-13/h2-4,7-8,14-16,20H,5-6,9-12H2,1H3,(H2,18,19,21)/t14-,15-,16-/m1/s1. The van der Waals surface area contributed by atoms with Crippen molar-refractivity contribution < 1.29 is 14.6 Å². The molecule has 0 unspecified atom stereocenters. The molecule has 1 aliphatic rings. The fourth-order valence-electron chi connectivity index (χ4n) is 3.05. The number of amides is 2. The molecule has 3 atom stereocenters. The molecule has 22 heavy (non-hydrogen) atoms. The molecule has 0 aromatic heterocycles. The maximum absolute atomic E-state index is 12.3. The molecule has 1 fully saturated rings. The number of hydrogen-bond donors (Lipinski definition) is 3. The Kier molecular flexibility index (Phi) is 6.68. The van der Waals surface area contributed by atoms with Crippen molar-refractivity contribution in [2.24, 2.45) is 0 Å². The second kappa shape index (κ2) is 8.76. The summed E-state index contributed by atoms with van der Waals surface area (Å²) in [4.78, 5) is 12.3. The third kappa shape index (κ3) is 4.71. The number of nitrogens with one attached hydrogen (secondary N) is 2. The molecule has 3 N–H and O–H groups in total. The van der Waals surface area contributed by atoms with Crippen LogP contribution in [0.2, 0.25) is 0 Å². The molecule has 0 aliphatic heterocycles. The number of aliphatic hydroxyl groups is 1. The van der Waals surface area contributed by atoms with Crippen LogP contribution in [0.3, 0.4) is 0 Å². The van der Waals surface area contributed by atoms with Gasteiger partial charge in [-0.3, -0.25) is 0 Å². The SMILES string of the molecule is CO[C@@H]1CCCC[C@H]1NC(=O)N[C@H](CCO)c1ccccc1. The topological polar surface area (TPSA) is 70.6 Å². The molecule has 1 aromatic carbocycles. The van der Waals surface area contributed by atoms with Crippen LogP contribution in [0, 0.1) is 0 Å². The molecule has 0 bridgehead atoms. The van der Waals surface area contributed by atoms with Gasteiger partial charge in [-0.25, -0.2) is 4.79 Å². The van der Waals surface area contributed by atoms with E-state index in [0.29, 0.717) is 6.42 Å². The first-order chi connectivity index (χ1) is 10.7. The van der Waals surface area contributed by atoms with Crippen molar-refractivity contribution in [2.45, 2.75) is 50.3 Å². The molecule has 0 spiro atoms. The van der Waals surface area contributed by atoms with Crippen LogP contribution in [-0.4, -0.2) is 37.0 Å². The first-order valence-corrected chi connectivity index (χ1v) is 8.00. The molecule has 1 saturated carbocycles. The van der Waals surface area contributed by atoms with E-state index in [1.165, 1.54) is 0 Å². The fraction of sp³-hybridized carbons (Fsp3) is 0.588. The van der Waals surface area contributed by atoms with E-state index in [1.807, 2.05) is 30.3 Å². The number of methoxy groups -OCH3 is 1. The Morgan fingerprint density at radius 3 is 2.73 bits per heavy atom. The molecule has 5 heteroatoms. The summed E-state index contributed by atoms with van der Waals surface area (Å²) in [6.07, 6.45) is 4.78. The lowest BCUT2D eigenvalue weighted by Gasteiger charge is -2.31. The van der Waals surface area contributed by atoms with Crippen molar-refractivity contribution in [3.8, 4) is 0 Å². The number of ether oxygens (including phenoxy) is 1. The van der Waals surface area contributed by atoms with Crippen LogP contribution in [0.1, 0.15) is 43.7 Å². The van der Waals surface area contributed by atoms with E-state index in [-0.39, 0.29) is 30.8 Å². The average Bonchev–Trinajstić information content (AvgIpc) is 2.56. The molecular weight excluding hydrogens is 280 g/mol. The lowest BCUT2D eigenvalue weighted by molar-refractivity contribution is 0.0450. The second-order valence-corrected chi connectivity index (χ2v) is 5.76. The number of rotatable bonds is 6. The van der Waals surface area contributed by atoms with Gasteiger partial charge in [-0.15, -0.1) is 0 Å². The Bertz CT molecular complexity index is 452. The Morgan fingerprint density at radius 2 is 2.05 bits per heavy atom. The largest absolute Gasteiger partial charge is 0.396 e. The average molecular weight is 306 g/mol. The highest BCUT2D eigenvalue weighted by Crippen LogP contribution is 2.21. The Balaban J connectivity index is 1.93. The van der Waals surface area contributed by atoms with Crippen molar-refractivity contribution in [3.05, 3.63) is 35.9 Å². The van der Waals surface area contributed by atoms with Crippen molar-refractivity contribution in [1.29, 1.82) is 0 Å². The van der Waals surface area contributed by atoms with E-state index >= 15 is 0 Å². The number of carbonyl (C=O) groups excluding carboxylic acids is 1. The summed E-state index contributed by atoms with van der Waals surface area (Å²) >= 11 is 0. The predicted octanol–water partition coefficient (Wildman–Crippen LogP) is 2.37. The van der Waals surface area contributed by atoms with Gasteiger partial charge < -0.3 is 20.5 Å². The normalized spacial score (nSPS) is 22.8. The van der Waals surface area contributed by atoms with Crippen LogP contribution in [0.5, 0.6) is 0 Å². The number of aliphatic hydroxyl groups excluding tert-OH is 1. The van der Waals surface area contributed by atoms with E-state index < -0.39 is 0 Å². The van der Waals surface area contributed by atoms with E-state index in [2.05, 4.69) is 10.6 Å². The van der Waals surface area contributed by atoms with Gasteiger partial charge in [-0.05, 0) is 24.8 Å². The zero-order valence-corrected chi connectivity index (χ0v) is 13.1. The van der Waals surface area contributed by atoms with Crippen molar-refractivity contribution in [1.82, 2.24) is 10.6 Å². The minimum atomic E-state index is -0.198. The highest BCUT2D eigenvalue weighted by molar-refractivity contribution is 5.74. The van der Waals surface area contributed by atoms with Gasteiger partial charge in [-0.2, -0.15) is 0 Å². The maximum Gasteiger partial charge on any atom is 0.315 e. The van der Waals surface area contributed by atoms with Crippen LogP contribution in [0.15, 0.2) is 30.3 Å². The van der Waals surface area contributed by atoms with Crippen LogP contribution in [-0.2, 0) is 4.74 Å². The lowest BCUT2D eigenvalue weighted by atomic mass is 9.92. The molecule has 1 aromatic rings. The first kappa shape index (κ1) is 16.8. The van der Waals surface area contributed by atoms with Crippen molar-refractivity contribution >= 4 is 6.03 Å². The Labute approximate surface area is 132 Å². The summed E-state index contributed by atoms with van der Waals surface area (Å²) in [5.74, 6) is 0. The summed E-state index contributed by atoms with van der Waals surface area (Å²) in [5, 5.41) is 15.2. The molecular formula is C17H26N2O3. The number of hydrogen-bond acceptors (Lipinski definition) is 3. The zero-order chi connectivity index (χ0) is 15.8. The molecule has 2 rings (SSSR count). The number of urea groups is 1. The van der Waals surface area contributed by atoms with Gasteiger partial charge >= 0.3 is 6.03 Å². The van der Waals surface area contributed by atoms with Crippen LogP contribution in [0.4, 0.5) is 4.79 Å². The van der Waals surface area contributed by atoms with Gasteiger partial charge in [0, 0.05) is 13.7 Å². The molecule has 0 heterocycles. The minimum Gasteiger partial charge on any atom is -0.396 e. The Morgan fingerprint density at radius 1 is 1.32 bits per heavy atom. The summed E-state index contributed by atoms with van der Waals surface area (Å²) in [6.45, 7) is 0.0317. The van der Waals surface area contributed by atoms with Crippen LogP contribution in [0.25, 0.3) is 0 Å². The van der Waals surface area contributed by atoms with E-state index in [0.717, 1.165) is 31.2 Å². The maximum atomic E-state index is 12.3. The van der Waals surface area contributed by atoms with Gasteiger partial charge in [0.05, 0.1) is 18.2 Å². The summed E-state index contributed by atoms with van der Waals surface area (Å²) < 4.78 is 5.46. The van der Waals surface area contributed by atoms with Crippen molar-refractivity contribution in [3.63, 3.8) is 0 Å². The highest BCUT2D eigenvalue weighted by atomic mass is 16.5. The summed E-state index contributed by atoms with van der Waals surface area (Å²) in [6, 6.07) is 9.39. The van der Waals surface area contributed by atoms with Gasteiger partial charge in [0.1, 0.15) is 0 Å². The zero-order valence-electron chi connectivity index (χ0n) is 13.1. The van der Waals surface area contributed by atoms with Crippen molar-refractivity contribution in [2.75, 3.05) is 13.7 Å². The molecule has 0 saturated heterocycles. The third-order valence-corrected chi connectivity index (χ3v) is 4.25. The van der Waals surface area contributed by atoms with Gasteiger partial charge in [0.2, 0.25) is 0 Å². The third-order valence-electron chi connectivity index (χ3n) is 4.25. The van der Waals surface area contributed by atoms with E-state index in [9.17, 15) is 9.90 Å². The number of benzene rings is 1. The van der Waals surface area contributed by atoms with Crippen LogP contribution < -0.4 is 10.6 Å². The second-order valence-electron chi connectivity index (χ2n) is 5.76. The molecule has 1 aliphatic carbocycles. The highest BCUT2D eigenvalue weighted by Gasteiger charge is 2.26. The molecule has 2 amide bonds. The minimum absolute atomic E-state index is 0.0317. The predicted molar refractivity (Wildman–Crippen MR) is 85.6 cm³/mol. The molecule has 0 radical (unpaired) electrons. The van der Waals surface area contributed by atoms with Crippen LogP contribution >= 0.6 is 0 Å². The Hall–Kier alpha value is -1.59. The lowest BCUT2D eigenvalue weighted by Crippen LogP contribution is -2.50. The monoisotopic (exact) mass is 306 g/mol. The number of carbonyl (C=O) groups is 1. The smallest absolute Gasteiger partial charge is 0.315 e. The summed E-state index contributed by atoms with van der Waals surface area (Å²) in [5.41, 5.74) is 0.999. The van der Waals surface area contributed by atoms with Gasteiger partial charge in [-0.1, -0.05) is 43.2 Å². The first-order valence-electron chi connectivity index (χ1n) is 8.00. The summed E-state index contributed by atoms with van der Waals surface area (Å²) in [7, 11) is 1.70. The quantitative estimate of drug-likeness (QED) is 0.755. The van der Waals surface area contributed by atoms with E-state index in [4.69, 9.17) is 4.74 Å². The van der Waals surface area contributed by atoms with Gasteiger partial charge in [0.15, 0.2) is 0 Å². The van der Waals surface area contributed by atoms with E-state index in [1.54, 1.807) is 7.11 Å². The molecule has 122 valence electrons. The molecule has 5 nitrogen and oxygen atoms in total. The fourth-order valence-corrected chi connectivity index (χ4v) is 3.05. The van der Waals surface area contributed by atoms with Gasteiger partial charge in [0.25, 0.3) is 0 Å².